The van der Waals surface area contributed by atoms with E-state index in [1.54, 1.807) is 0 Å². The number of amides is 2. The second-order valence-electron chi connectivity index (χ2n) is 4.61. The topological polar surface area (TPSA) is 90.5 Å². The van der Waals surface area contributed by atoms with Crippen molar-refractivity contribution in [2.45, 2.75) is 40.0 Å². The molecule has 6 nitrogen and oxygen atoms in total. The van der Waals surface area contributed by atoms with Gasteiger partial charge in [0, 0.05) is 13.1 Å². The van der Waals surface area contributed by atoms with Gasteiger partial charge in [-0.2, -0.15) is 0 Å². The number of hydrogen-bond donors (Lipinski definition) is 4. The monoisotopic (exact) mass is 273 g/mol. The zero-order chi connectivity index (χ0) is 14.7. The molecule has 0 aromatic heterocycles. The van der Waals surface area contributed by atoms with Crippen molar-refractivity contribution in [2.75, 3.05) is 26.2 Å². The van der Waals surface area contributed by atoms with Crippen LogP contribution in [0.1, 0.15) is 40.0 Å². The number of carboxylic acids is 1. The minimum absolute atomic E-state index is 0.161. The lowest BCUT2D eigenvalue weighted by atomic mass is 9.82. The second-order valence-corrected chi connectivity index (χ2v) is 4.61. The first kappa shape index (κ1) is 17.7. The molecule has 6 heteroatoms. The van der Waals surface area contributed by atoms with Gasteiger partial charge in [-0.25, -0.2) is 4.79 Å². The molecule has 0 aromatic carbocycles. The molecule has 112 valence electrons. The average molecular weight is 273 g/mol. The summed E-state index contributed by atoms with van der Waals surface area (Å²) < 4.78 is 0. The average Bonchev–Trinajstić information content (AvgIpc) is 2.40. The number of aliphatic carboxylic acids is 1. The molecule has 0 bridgehead atoms. The van der Waals surface area contributed by atoms with Crippen molar-refractivity contribution >= 4 is 12.0 Å². The Hall–Kier alpha value is -1.30. The summed E-state index contributed by atoms with van der Waals surface area (Å²) in [5.74, 6) is -0.857. The van der Waals surface area contributed by atoms with Crippen molar-refractivity contribution in [3.63, 3.8) is 0 Å². The fourth-order valence-electron chi connectivity index (χ4n) is 1.78. The van der Waals surface area contributed by atoms with Crippen molar-refractivity contribution in [1.82, 2.24) is 16.0 Å². The maximum absolute atomic E-state index is 11.5. The Bertz CT molecular complexity index is 278. The minimum Gasteiger partial charge on any atom is -0.481 e. The predicted molar refractivity (Wildman–Crippen MR) is 75.2 cm³/mol. The molecule has 19 heavy (non-hydrogen) atoms. The fraction of sp³-hybridized carbons (Fsp3) is 0.846. The smallest absolute Gasteiger partial charge is 0.314 e. The quantitative estimate of drug-likeness (QED) is 0.450. The van der Waals surface area contributed by atoms with Gasteiger partial charge >= 0.3 is 12.0 Å². The first-order valence-corrected chi connectivity index (χ1v) is 6.98. The van der Waals surface area contributed by atoms with E-state index >= 15 is 0 Å². The molecule has 0 fully saturated rings. The SMILES string of the molecule is CCNCCCNC(=O)NCC(CC)(CC)C(=O)O. The van der Waals surface area contributed by atoms with Crippen molar-refractivity contribution in [1.29, 1.82) is 0 Å². The Morgan fingerprint density at radius 1 is 1.05 bits per heavy atom. The van der Waals surface area contributed by atoms with Gasteiger partial charge in [-0.15, -0.1) is 0 Å². The van der Waals surface area contributed by atoms with E-state index in [0.717, 1.165) is 19.5 Å². The number of nitrogens with one attached hydrogen (secondary N) is 3. The largest absolute Gasteiger partial charge is 0.481 e. The molecule has 0 unspecified atom stereocenters. The van der Waals surface area contributed by atoms with E-state index in [1.165, 1.54) is 0 Å². The molecule has 0 heterocycles. The van der Waals surface area contributed by atoms with E-state index in [0.29, 0.717) is 19.4 Å². The highest BCUT2D eigenvalue weighted by molar-refractivity contribution is 5.78. The highest BCUT2D eigenvalue weighted by atomic mass is 16.4. The van der Waals surface area contributed by atoms with Crippen LogP contribution in [-0.2, 0) is 4.79 Å². The van der Waals surface area contributed by atoms with Crippen LogP contribution in [0.5, 0.6) is 0 Å². The third-order valence-electron chi connectivity index (χ3n) is 3.46. The van der Waals surface area contributed by atoms with Crippen LogP contribution in [0.3, 0.4) is 0 Å². The Morgan fingerprint density at radius 3 is 2.16 bits per heavy atom. The van der Waals surface area contributed by atoms with Crippen LogP contribution >= 0.6 is 0 Å². The molecule has 0 aliphatic heterocycles. The summed E-state index contributed by atoms with van der Waals surface area (Å²) in [6, 6.07) is -0.302. The Morgan fingerprint density at radius 2 is 1.68 bits per heavy atom. The molecule has 0 radical (unpaired) electrons. The molecule has 0 aromatic rings. The number of urea groups is 1. The van der Waals surface area contributed by atoms with Gasteiger partial charge in [0.25, 0.3) is 0 Å². The van der Waals surface area contributed by atoms with E-state index in [2.05, 4.69) is 16.0 Å². The molecule has 0 spiro atoms. The lowest BCUT2D eigenvalue weighted by Crippen LogP contribution is -2.46. The zero-order valence-corrected chi connectivity index (χ0v) is 12.2. The molecular formula is C13H27N3O3. The van der Waals surface area contributed by atoms with Crippen LogP contribution in [0, 0.1) is 5.41 Å². The van der Waals surface area contributed by atoms with Crippen LogP contribution in [0.15, 0.2) is 0 Å². The Balaban J connectivity index is 3.96. The maximum Gasteiger partial charge on any atom is 0.314 e. The minimum atomic E-state index is -0.860. The number of carbonyl (C=O) groups excluding carboxylic acids is 1. The second kappa shape index (κ2) is 9.61. The summed E-state index contributed by atoms with van der Waals surface area (Å²) >= 11 is 0. The van der Waals surface area contributed by atoms with Gasteiger partial charge < -0.3 is 21.1 Å². The zero-order valence-electron chi connectivity index (χ0n) is 12.2. The van der Waals surface area contributed by atoms with E-state index in [4.69, 9.17) is 0 Å². The van der Waals surface area contributed by atoms with E-state index < -0.39 is 11.4 Å². The molecular weight excluding hydrogens is 246 g/mol. The lowest BCUT2D eigenvalue weighted by molar-refractivity contribution is -0.149. The summed E-state index contributed by atoms with van der Waals surface area (Å²) in [4.78, 5) is 22.8. The first-order valence-electron chi connectivity index (χ1n) is 6.98. The summed E-state index contributed by atoms with van der Waals surface area (Å²) in [6.07, 6.45) is 1.85. The van der Waals surface area contributed by atoms with Gasteiger partial charge in [0.2, 0.25) is 0 Å². The Labute approximate surface area is 115 Å². The van der Waals surface area contributed by atoms with E-state index in [9.17, 15) is 14.7 Å². The van der Waals surface area contributed by atoms with Gasteiger partial charge in [0.05, 0.1) is 5.41 Å². The van der Waals surface area contributed by atoms with E-state index in [1.807, 2.05) is 20.8 Å². The summed E-state index contributed by atoms with van der Waals surface area (Å²) in [6.45, 7) is 8.20. The number of carbonyl (C=O) groups is 2. The van der Waals surface area contributed by atoms with Crippen LogP contribution in [0.25, 0.3) is 0 Å². The molecule has 0 aliphatic rings. The normalized spacial score (nSPS) is 11.1. The van der Waals surface area contributed by atoms with Gasteiger partial charge in [0.1, 0.15) is 0 Å². The van der Waals surface area contributed by atoms with Crippen molar-refractivity contribution in [2.24, 2.45) is 5.41 Å². The third-order valence-corrected chi connectivity index (χ3v) is 3.46. The molecule has 0 saturated carbocycles. The summed E-state index contributed by atoms with van der Waals surface area (Å²) in [5, 5.41) is 17.8. The molecule has 0 aliphatic carbocycles. The highest BCUT2D eigenvalue weighted by Crippen LogP contribution is 2.25. The molecule has 4 N–H and O–H groups in total. The van der Waals surface area contributed by atoms with Gasteiger partial charge in [-0.3, -0.25) is 4.79 Å². The fourth-order valence-corrected chi connectivity index (χ4v) is 1.78. The standard InChI is InChI=1S/C13H27N3O3/c1-4-13(5-2,11(17)18)10-16-12(19)15-9-7-8-14-6-3/h14H,4-10H2,1-3H3,(H,17,18)(H2,15,16,19). The van der Waals surface area contributed by atoms with Crippen LogP contribution in [-0.4, -0.2) is 43.3 Å². The van der Waals surface area contributed by atoms with Gasteiger partial charge in [0.15, 0.2) is 0 Å². The van der Waals surface area contributed by atoms with Crippen molar-refractivity contribution < 1.29 is 14.7 Å². The van der Waals surface area contributed by atoms with E-state index in [-0.39, 0.29) is 12.6 Å². The predicted octanol–water partition coefficient (Wildman–Crippen LogP) is 1.18. The van der Waals surface area contributed by atoms with Crippen LogP contribution in [0.4, 0.5) is 4.79 Å². The molecule has 2 amide bonds. The van der Waals surface area contributed by atoms with Crippen molar-refractivity contribution in [3.8, 4) is 0 Å². The van der Waals surface area contributed by atoms with Gasteiger partial charge in [-0.1, -0.05) is 20.8 Å². The third kappa shape index (κ3) is 6.42. The summed E-state index contributed by atoms with van der Waals surface area (Å²) in [7, 11) is 0. The highest BCUT2D eigenvalue weighted by Gasteiger charge is 2.35. The van der Waals surface area contributed by atoms with Crippen LogP contribution in [0.2, 0.25) is 0 Å². The summed E-state index contributed by atoms with van der Waals surface area (Å²) in [5.41, 5.74) is -0.860. The van der Waals surface area contributed by atoms with Gasteiger partial charge in [-0.05, 0) is 32.4 Å². The number of hydrogen-bond acceptors (Lipinski definition) is 3. The number of carboxylic acid groups (broad SMARTS) is 1. The lowest BCUT2D eigenvalue weighted by Gasteiger charge is -2.26. The number of rotatable bonds is 10. The molecule has 0 atom stereocenters. The maximum atomic E-state index is 11.5. The van der Waals surface area contributed by atoms with Crippen molar-refractivity contribution in [3.05, 3.63) is 0 Å². The molecule has 0 rings (SSSR count). The van der Waals surface area contributed by atoms with Crippen LogP contribution < -0.4 is 16.0 Å². The Kier molecular flexibility index (Phi) is 8.95. The molecule has 0 saturated heterocycles. The first-order chi connectivity index (χ1) is 9.02.